The summed E-state index contributed by atoms with van der Waals surface area (Å²) < 4.78 is 19.3. The molecule has 4 heteroatoms. The summed E-state index contributed by atoms with van der Waals surface area (Å²) in [4.78, 5) is 0. The van der Waals surface area contributed by atoms with Crippen LogP contribution in [0.5, 0.6) is 0 Å². The van der Waals surface area contributed by atoms with Gasteiger partial charge in [-0.15, -0.1) is 0 Å². The molecular weight excluding hydrogens is 451 g/mol. The highest BCUT2D eigenvalue weighted by Crippen LogP contribution is 2.41. The van der Waals surface area contributed by atoms with E-state index in [-0.39, 0.29) is 5.41 Å². The highest BCUT2D eigenvalue weighted by atomic mass is 31.1. The van der Waals surface area contributed by atoms with Crippen LogP contribution in [0.25, 0.3) is 21.9 Å². The van der Waals surface area contributed by atoms with E-state index in [1.807, 2.05) is 6.92 Å². The number of fused-ring (bicyclic) bond motifs is 3. The minimum absolute atomic E-state index is 0.0906. The summed E-state index contributed by atoms with van der Waals surface area (Å²) in [7, 11) is -1.50. The molecule has 0 spiro atoms. The van der Waals surface area contributed by atoms with E-state index in [0.717, 1.165) is 62.5 Å². The first-order valence-electron chi connectivity index (χ1n) is 13.9. The molecule has 0 aliphatic heterocycles. The molecule has 0 saturated carbocycles. The fourth-order valence-electron chi connectivity index (χ4n) is 4.57. The summed E-state index contributed by atoms with van der Waals surface area (Å²) in [5.41, 5.74) is 7.38. The summed E-state index contributed by atoms with van der Waals surface area (Å²) in [6, 6.07) is 9.52. The van der Waals surface area contributed by atoms with Crippen molar-refractivity contribution in [1.82, 2.24) is 0 Å². The van der Waals surface area contributed by atoms with E-state index in [4.69, 9.17) is 12.9 Å². The topological polar surface area (TPSA) is 35.5 Å². The van der Waals surface area contributed by atoms with E-state index in [2.05, 4.69) is 72.7 Å². The SMILES string of the molecule is CCCCc1cc(C(C)CC)cc2c1op(OCC)oc1c(CCCC)cc(C(C)(C)CC)cc12. The van der Waals surface area contributed by atoms with Gasteiger partial charge in [0.2, 0.25) is 0 Å². The van der Waals surface area contributed by atoms with Crippen molar-refractivity contribution in [2.24, 2.45) is 0 Å². The number of rotatable bonds is 12. The largest absolute Gasteiger partial charge is 0.399 e. The Morgan fingerprint density at radius 1 is 0.829 bits per heavy atom. The number of unbranched alkanes of at least 4 members (excludes halogenated alkanes) is 2. The highest BCUT2D eigenvalue weighted by molar-refractivity contribution is 7.31. The summed E-state index contributed by atoms with van der Waals surface area (Å²) in [5, 5.41) is 2.36. The van der Waals surface area contributed by atoms with Crippen molar-refractivity contribution in [3.8, 4) is 0 Å². The van der Waals surface area contributed by atoms with Crippen LogP contribution in [0.2, 0.25) is 0 Å². The Balaban J connectivity index is 2.54. The second kappa shape index (κ2) is 12.5. The Labute approximate surface area is 214 Å². The Kier molecular flexibility index (Phi) is 9.96. The molecule has 0 fully saturated rings. The van der Waals surface area contributed by atoms with Crippen LogP contribution in [-0.2, 0) is 18.3 Å². The first kappa shape index (κ1) is 27.9. The second-order valence-electron chi connectivity index (χ2n) is 10.6. The second-order valence-corrected chi connectivity index (χ2v) is 11.7. The van der Waals surface area contributed by atoms with Gasteiger partial charge in [-0.1, -0.05) is 73.4 Å². The van der Waals surface area contributed by atoms with E-state index in [1.165, 1.54) is 33.0 Å². The first-order valence-corrected chi connectivity index (χ1v) is 15.0. The van der Waals surface area contributed by atoms with Gasteiger partial charge in [0, 0.05) is 10.8 Å². The van der Waals surface area contributed by atoms with Crippen molar-refractivity contribution in [3.63, 3.8) is 0 Å². The molecule has 2 unspecified atom stereocenters. The van der Waals surface area contributed by atoms with Crippen molar-refractivity contribution in [3.05, 3.63) is 46.5 Å². The molecule has 0 radical (unpaired) electrons. The van der Waals surface area contributed by atoms with Gasteiger partial charge in [0.1, 0.15) is 11.2 Å². The molecule has 0 bridgehead atoms. The van der Waals surface area contributed by atoms with Crippen LogP contribution in [0, 0.1) is 0 Å². The van der Waals surface area contributed by atoms with Crippen molar-refractivity contribution in [2.45, 2.75) is 118 Å². The maximum absolute atomic E-state index is 6.62. The maximum Gasteiger partial charge on any atom is 0.387 e. The molecule has 0 aliphatic carbocycles. The van der Waals surface area contributed by atoms with E-state index in [0.29, 0.717) is 12.5 Å². The van der Waals surface area contributed by atoms with Crippen LogP contribution in [0.3, 0.4) is 0 Å². The van der Waals surface area contributed by atoms with Crippen molar-refractivity contribution >= 4 is 30.2 Å². The summed E-state index contributed by atoms with van der Waals surface area (Å²) in [6.07, 6.45) is 8.82. The van der Waals surface area contributed by atoms with Crippen LogP contribution in [0.4, 0.5) is 0 Å². The van der Waals surface area contributed by atoms with Crippen molar-refractivity contribution in [2.75, 3.05) is 6.61 Å². The molecule has 0 N–H and O–H groups in total. The van der Waals surface area contributed by atoms with Gasteiger partial charge in [-0.05, 0) is 91.2 Å². The molecular formula is C31H47O3P. The van der Waals surface area contributed by atoms with Gasteiger partial charge in [0.05, 0.1) is 6.61 Å². The number of hydrogen-bond donors (Lipinski definition) is 0. The number of aryl methyl sites for hydroxylation is 2. The fraction of sp³-hybridized carbons (Fsp3) is 0.613. The van der Waals surface area contributed by atoms with Gasteiger partial charge in [-0.25, -0.2) is 0 Å². The Morgan fingerprint density at radius 2 is 1.40 bits per heavy atom. The molecule has 1 heterocycles. The first-order chi connectivity index (χ1) is 16.8. The zero-order valence-corrected chi connectivity index (χ0v) is 24.3. The van der Waals surface area contributed by atoms with E-state index in [1.54, 1.807) is 0 Å². The van der Waals surface area contributed by atoms with E-state index >= 15 is 0 Å². The normalized spacial score (nSPS) is 13.5. The van der Waals surface area contributed by atoms with Gasteiger partial charge < -0.3 is 8.39 Å². The van der Waals surface area contributed by atoms with Gasteiger partial charge in [0.25, 0.3) is 0 Å². The minimum Gasteiger partial charge on any atom is -0.399 e. The molecule has 194 valence electrons. The number of benzene rings is 2. The Hall–Kier alpha value is -1.70. The van der Waals surface area contributed by atoms with E-state index in [9.17, 15) is 0 Å². The fourth-order valence-corrected chi connectivity index (χ4v) is 5.65. The minimum atomic E-state index is -1.50. The Morgan fingerprint density at radius 3 is 1.91 bits per heavy atom. The third kappa shape index (κ3) is 6.36. The van der Waals surface area contributed by atoms with Crippen LogP contribution in [0.1, 0.15) is 122 Å². The predicted molar refractivity (Wildman–Crippen MR) is 153 cm³/mol. The lowest BCUT2D eigenvalue weighted by Gasteiger charge is -2.24. The number of hydrogen-bond acceptors (Lipinski definition) is 3. The zero-order valence-electron chi connectivity index (χ0n) is 23.4. The lowest BCUT2D eigenvalue weighted by Crippen LogP contribution is -2.15. The predicted octanol–water partition coefficient (Wildman–Crippen LogP) is 10.6. The third-order valence-corrected chi connectivity index (χ3v) is 8.79. The molecule has 0 amide bonds. The highest BCUT2D eigenvalue weighted by Gasteiger charge is 2.23. The third-order valence-electron chi connectivity index (χ3n) is 7.66. The van der Waals surface area contributed by atoms with Crippen LogP contribution < -0.4 is 4.52 Å². The zero-order chi connectivity index (χ0) is 25.6. The molecule has 3 nitrogen and oxygen atoms in total. The monoisotopic (exact) mass is 498 g/mol. The van der Waals surface area contributed by atoms with Crippen LogP contribution in [-0.4, -0.2) is 6.61 Å². The molecule has 3 rings (SSSR count). The molecule has 1 aromatic heterocycles. The van der Waals surface area contributed by atoms with Crippen LogP contribution >= 0.6 is 8.24 Å². The van der Waals surface area contributed by atoms with Crippen LogP contribution in [0.15, 0.2) is 32.7 Å². The lowest BCUT2D eigenvalue weighted by molar-refractivity contribution is 0.393. The van der Waals surface area contributed by atoms with Gasteiger partial charge in [-0.3, -0.25) is 4.52 Å². The molecule has 0 aliphatic rings. The van der Waals surface area contributed by atoms with Crippen molar-refractivity contribution in [1.29, 1.82) is 0 Å². The molecule has 0 saturated heterocycles. The van der Waals surface area contributed by atoms with Crippen molar-refractivity contribution < 1.29 is 12.9 Å². The van der Waals surface area contributed by atoms with Gasteiger partial charge >= 0.3 is 8.24 Å². The summed E-state index contributed by atoms with van der Waals surface area (Å²) >= 11 is 0. The molecule has 35 heavy (non-hydrogen) atoms. The average Bonchev–Trinajstić information content (AvgIpc) is 3.02. The summed E-state index contributed by atoms with van der Waals surface area (Å²) in [5.74, 6) is 0.497. The maximum atomic E-state index is 6.62. The quantitative estimate of drug-likeness (QED) is 0.249. The Bertz CT molecular complexity index is 1160. The van der Waals surface area contributed by atoms with Gasteiger partial charge in [0.15, 0.2) is 0 Å². The summed E-state index contributed by atoms with van der Waals surface area (Å²) in [6.45, 7) is 18.7. The van der Waals surface area contributed by atoms with E-state index < -0.39 is 8.24 Å². The standard InChI is InChI=1S/C31H47O3P/c1-9-14-16-23-18-25(22(6)11-3)20-27-28-21-26(31(7,8)12-4)19-24(17-15-10-2)30(28)34-35(32-13-5)33-29(23)27/h18-22H,9-17H2,1-8H3. The average molecular weight is 499 g/mol. The smallest absolute Gasteiger partial charge is 0.387 e. The molecule has 2 aromatic carbocycles. The molecule has 2 atom stereocenters. The molecule has 3 aromatic rings. The lowest BCUT2D eigenvalue weighted by atomic mass is 9.80. The van der Waals surface area contributed by atoms with Gasteiger partial charge in [-0.2, -0.15) is 0 Å².